The summed E-state index contributed by atoms with van der Waals surface area (Å²) in [5.41, 5.74) is 4.05. The van der Waals surface area contributed by atoms with E-state index in [-0.39, 0.29) is 6.61 Å². The smallest absolute Gasteiger partial charge is 0.172 e. The molecule has 1 fully saturated rings. The Balaban J connectivity index is 1.52. The molecule has 0 amide bonds. The zero-order valence-electron chi connectivity index (χ0n) is 14.9. The average Bonchev–Trinajstić information content (AvgIpc) is 3.22. The minimum Gasteiger partial charge on any atom is -0.392 e. The lowest BCUT2D eigenvalue weighted by atomic mass is 10.1. The number of benzene rings is 2. The summed E-state index contributed by atoms with van der Waals surface area (Å²) in [4.78, 5) is 12.0. The van der Waals surface area contributed by atoms with E-state index in [0.717, 1.165) is 54.3 Å². The molecular formula is C21H24N4O. The maximum absolute atomic E-state index is 9.14. The summed E-state index contributed by atoms with van der Waals surface area (Å²) in [5.74, 6) is 1.84. The number of hydrogen-bond acceptors (Lipinski definition) is 5. The Morgan fingerprint density at radius 1 is 0.885 bits per heavy atom. The molecule has 0 bridgehead atoms. The highest BCUT2D eigenvalue weighted by molar-refractivity contribution is 5.80. The van der Waals surface area contributed by atoms with Gasteiger partial charge in [-0.05, 0) is 42.5 Å². The fourth-order valence-corrected chi connectivity index (χ4v) is 3.40. The van der Waals surface area contributed by atoms with Gasteiger partial charge in [0.15, 0.2) is 11.6 Å². The first-order chi connectivity index (χ1) is 12.8. The molecule has 5 heteroatoms. The van der Waals surface area contributed by atoms with Gasteiger partial charge in [-0.15, -0.1) is 0 Å². The van der Waals surface area contributed by atoms with Crippen molar-refractivity contribution in [3.8, 4) is 0 Å². The van der Waals surface area contributed by atoms with Crippen LogP contribution in [0, 0.1) is 0 Å². The molecule has 1 aliphatic rings. The summed E-state index contributed by atoms with van der Waals surface area (Å²) in [6.45, 7) is 2.98. The molecule has 134 valence electrons. The van der Waals surface area contributed by atoms with E-state index in [9.17, 15) is 0 Å². The third-order valence-electron chi connectivity index (χ3n) is 4.87. The Kier molecular flexibility index (Phi) is 4.97. The van der Waals surface area contributed by atoms with Gasteiger partial charge >= 0.3 is 0 Å². The van der Waals surface area contributed by atoms with Crippen LogP contribution in [-0.2, 0) is 13.0 Å². The minimum atomic E-state index is 0.0877. The van der Waals surface area contributed by atoms with Crippen LogP contribution < -0.4 is 10.2 Å². The van der Waals surface area contributed by atoms with Crippen LogP contribution in [0.4, 0.5) is 11.6 Å². The molecule has 2 N–H and O–H groups in total. The van der Waals surface area contributed by atoms with Crippen molar-refractivity contribution < 1.29 is 5.11 Å². The van der Waals surface area contributed by atoms with Gasteiger partial charge in [-0.3, -0.25) is 0 Å². The lowest BCUT2D eigenvalue weighted by Crippen LogP contribution is -2.22. The highest BCUT2D eigenvalue weighted by atomic mass is 16.3. The number of anilines is 2. The fourth-order valence-electron chi connectivity index (χ4n) is 3.40. The molecular weight excluding hydrogens is 324 g/mol. The SMILES string of the molecule is OCc1ccc(CCNc2nc3ccccc3nc2N2CCCC2)cc1. The number of fused-ring (bicyclic) bond motifs is 1. The number of para-hydroxylation sites is 2. The van der Waals surface area contributed by atoms with Crippen LogP contribution in [0.3, 0.4) is 0 Å². The predicted octanol–water partition coefficient (Wildman–Crippen LogP) is 3.38. The van der Waals surface area contributed by atoms with Crippen molar-refractivity contribution in [2.45, 2.75) is 25.9 Å². The Hall–Kier alpha value is -2.66. The van der Waals surface area contributed by atoms with E-state index in [2.05, 4.69) is 22.3 Å². The Morgan fingerprint density at radius 3 is 2.23 bits per heavy atom. The number of nitrogens with one attached hydrogen (secondary N) is 1. The maximum Gasteiger partial charge on any atom is 0.172 e. The van der Waals surface area contributed by atoms with E-state index in [1.807, 2.05) is 36.4 Å². The van der Waals surface area contributed by atoms with Crippen LogP contribution in [0.15, 0.2) is 48.5 Å². The van der Waals surface area contributed by atoms with Gasteiger partial charge in [0.2, 0.25) is 0 Å². The van der Waals surface area contributed by atoms with Crippen molar-refractivity contribution >= 4 is 22.7 Å². The maximum atomic E-state index is 9.14. The molecule has 0 saturated carbocycles. The van der Waals surface area contributed by atoms with Crippen LogP contribution >= 0.6 is 0 Å². The monoisotopic (exact) mass is 348 g/mol. The number of aliphatic hydroxyl groups excluding tert-OH is 1. The topological polar surface area (TPSA) is 61.3 Å². The molecule has 4 rings (SSSR count). The summed E-state index contributed by atoms with van der Waals surface area (Å²) in [7, 11) is 0. The molecule has 0 aliphatic carbocycles. The van der Waals surface area contributed by atoms with Crippen LogP contribution in [0.1, 0.15) is 24.0 Å². The first-order valence-corrected chi connectivity index (χ1v) is 9.28. The summed E-state index contributed by atoms with van der Waals surface area (Å²) < 4.78 is 0. The van der Waals surface area contributed by atoms with Gasteiger partial charge in [-0.2, -0.15) is 0 Å². The standard InChI is InChI=1S/C21H24N4O/c26-15-17-9-7-16(8-10-17)11-12-22-20-21(25-13-3-4-14-25)24-19-6-2-1-5-18(19)23-20/h1-2,5-10,26H,3-4,11-15H2,(H,22,23). The van der Waals surface area contributed by atoms with Crippen molar-refractivity contribution in [3.05, 3.63) is 59.7 Å². The third-order valence-corrected chi connectivity index (χ3v) is 4.87. The summed E-state index contributed by atoms with van der Waals surface area (Å²) in [5, 5.41) is 12.6. The molecule has 2 heterocycles. The van der Waals surface area contributed by atoms with Gasteiger partial charge in [0, 0.05) is 19.6 Å². The Bertz CT molecular complexity index is 873. The van der Waals surface area contributed by atoms with E-state index >= 15 is 0 Å². The van der Waals surface area contributed by atoms with Crippen LogP contribution in [0.2, 0.25) is 0 Å². The zero-order chi connectivity index (χ0) is 17.8. The van der Waals surface area contributed by atoms with E-state index in [0.29, 0.717) is 0 Å². The molecule has 1 aliphatic heterocycles. The van der Waals surface area contributed by atoms with Crippen molar-refractivity contribution in [1.82, 2.24) is 9.97 Å². The van der Waals surface area contributed by atoms with Gasteiger partial charge in [0.25, 0.3) is 0 Å². The van der Waals surface area contributed by atoms with Gasteiger partial charge in [-0.1, -0.05) is 36.4 Å². The summed E-state index contributed by atoms with van der Waals surface area (Å²) in [6.07, 6.45) is 3.33. The number of nitrogens with zero attached hydrogens (tertiary/aromatic N) is 3. The van der Waals surface area contributed by atoms with Gasteiger partial charge < -0.3 is 15.3 Å². The normalized spacial score (nSPS) is 14.1. The molecule has 2 aromatic carbocycles. The second kappa shape index (κ2) is 7.70. The lowest BCUT2D eigenvalue weighted by molar-refractivity contribution is 0.282. The molecule has 5 nitrogen and oxygen atoms in total. The second-order valence-corrected chi connectivity index (χ2v) is 6.73. The second-order valence-electron chi connectivity index (χ2n) is 6.73. The van der Waals surface area contributed by atoms with Crippen LogP contribution in [0.25, 0.3) is 11.0 Å². The Labute approximate surface area is 153 Å². The van der Waals surface area contributed by atoms with Gasteiger partial charge in [-0.25, -0.2) is 9.97 Å². The van der Waals surface area contributed by atoms with Crippen LogP contribution in [-0.4, -0.2) is 34.7 Å². The minimum absolute atomic E-state index is 0.0877. The molecule has 1 saturated heterocycles. The summed E-state index contributed by atoms with van der Waals surface area (Å²) >= 11 is 0. The lowest BCUT2D eigenvalue weighted by Gasteiger charge is -2.20. The number of aliphatic hydroxyl groups is 1. The average molecular weight is 348 g/mol. The quantitative estimate of drug-likeness (QED) is 0.715. The van der Waals surface area contributed by atoms with Gasteiger partial charge in [0.05, 0.1) is 17.6 Å². The van der Waals surface area contributed by atoms with E-state index < -0.39 is 0 Å². The molecule has 0 unspecified atom stereocenters. The fraction of sp³-hybridized carbons (Fsp3) is 0.333. The van der Waals surface area contributed by atoms with Crippen molar-refractivity contribution in [1.29, 1.82) is 0 Å². The van der Waals surface area contributed by atoms with E-state index in [1.165, 1.54) is 18.4 Å². The number of aromatic nitrogens is 2. The van der Waals surface area contributed by atoms with E-state index in [1.54, 1.807) is 0 Å². The van der Waals surface area contributed by atoms with Crippen LogP contribution in [0.5, 0.6) is 0 Å². The molecule has 26 heavy (non-hydrogen) atoms. The van der Waals surface area contributed by atoms with Crippen molar-refractivity contribution in [3.63, 3.8) is 0 Å². The highest BCUT2D eigenvalue weighted by Crippen LogP contribution is 2.27. The first-order valence-electron chi connectivity index (χ1n) is 9.28. The number of hydrogen-bond donors (Lipinski definition) is 2. The van der Waals surface area contributed by atoms with Crippen molar-refractivity contribution in [2.24, 2.45) is 0 Å². The number of rotatable bonds is 6. The molecule has 0 atom stereocenters. The highest BCUT2D eigenvalue weighted by Gasteiger charge is 2.19. The molecule has 0 radical (unpaired) electrons. The van der Waals surface area contributed by atoms with Gasteiger partial charge in [0.1, 0.15) is 0 Å². The molecule has 3 aromatic rings. The summed E-state index contributed by atoms with van der Waals surface area (Å²) in [6, 6.07) is 16.1. The predicted molar refractivity (Wildman–Crippen MR) is 106 cm³/mol. The Morgan fingerprint density at radius 2 is 1.54 bits per heavy atom. The first kappa shape index (κ1) is 16.8. The van der Waals surface area contributed by atoms with Crippen molar-refractivity contribution in [2.75, 3.05) is 29.9 Å². The third kappa shape index (κ3) is 3.63. The molecule has 0 spiro atoms. The molecule has 1 aromatic heterocycles. The van der Waals surface area contributed by atoms with E-state index in [4.69, 9.17) is 15.1 Å². The zero-order valence-corrected chi connectivity index (χ0v) is 14.9. The largest absolute Gasteiger partial charge is 0.392 e.